The van der Waals surface area contributed by atoms with Crippen LogP contribution in [0.25, 0.3) is 0 Å². The summed E-state index contributed by atoms with van der Waals surface area (Å²) in [6.45, 7) is 2.81. The monoisotopic (exact) mass is 575 g/mol. The summed E-state index contributed by atoms with van der Waals surface area (Å²) in [7, 11) is 0. The summed E-state index contributed by atoms with van der Waals surface area (Å²) >= 11 is 6.33. The average molecular weight is 576 g/mol. The molecule has 5 rings (SSSR count). The molecule has 2 fully saturated rings. The third-order valence-electron chi connectivity index (χ3n) is 7.92. The smallest absolute Gasteiger partial charge is 0.326 e. The molecule has 9 heteroatoms. The molecule has 0 bridgehead atoms. The number of hydrogen-bond donors (Lipinski definition) is 3. The van der Waals surface area contributed by atoms with E-state index in [4.69, 9.17) is 11.6 Å². The standard InChI is InChI=1S/C32H34ClN3O5/c1-2-6-21-7-5-8-25(33)28(21)29(38)34-26(32(40)41)19-20-10-14-23(15-11-20)36-30(22-12-16-24(37)17-13-22)35-18-4-3-9-27(35)31(36)39/h5,7-8,10-17,26-27,30,37H,2-4,6,9,18-19H2,1H3,(H,34,38)(H,40,41). The number of fused-ring (bicyclic) bond motifs is 1. The van der Waals surface area contributed by atoms with E-state index in [0.29, 0.717) is 23.2 Å². The number of benzene rings is 3. The highest BCUT2D eigenvalue weighted by Gasteiger charge is 2.48. The van der Waals surface area contributed by atoms with Crippen molar-refractivity contribution in [2.75, 3.05) is 11.4 Å². The van der Waals surface area contributed by atoms with Crippen molar-refractivity contribution in [3.8, 4) is 5.75 Å². The second-order valence-corrected chi connectivity index (χ2v) is 11.1. The van der Waals surface area contributed by atoms with Crippen molar-refractivity contribution in [2.45, 2.75) is 63.7 Å². The van der Waals surface area contributed by atoms with E-state index >= 15 is 0 Å². The normalized spacial score (nSPS) is 19.6. The summed E-state index contributed by atoms with van der Waals surface area (Å²) < 4.78 is 0. The van der Waals surface area contributed by atoms with Crippen molar-refractivity contribution in [2.24, 2.45) is 0 Å². The molecule has 0 aliphatic carbocycles. The number of aliphatic carboxylic acids is 1. The molecule has 2 heterocycles. The maximum absolute atomic E-state index is 13.6. The molecule has 3 unspecified atom stereocenters. The van der Waals surface area contributed by atoms with Crippen LogP contribution in [0.5, 0.6) is 5.75 Å². The van der Waals surface area contributed by atoms with Crippen molar-refractivity contribution in [1.82, 2.24) is 10.2 Å². The number of hydrogen-bond acceptors (Lipinski definition) is 5. The number of rotatable bonds is 9. The number of nitrogens with one attached hydrogen (secondary N) is 1. The first kappa shape index (κ1) is 28.6. The van der Waals surface area contributed by atoms with Gasteiger partial charge >= 0.3 is 5.97 Å². The van der Waals surface area contributed by atoms with Crippen LogP contribution in [0.1, 0.15) is 65.8 Å². The lowest BCUT2D eigenvalue weighted by Gasteiger charge is -2.33. The van der Waals surface area contributed by atoms with E-state index in [1.807, 2.05) is 37.3 Å². The maximum atomic E-state index is 13.6. The zero-order valence-corrected chi connectivity index (χ0v) is 23.7. The Morgan fingerprint density at radius 1 is 1.05 bits per heavy atom. The Bertz CT molecular complexity index is 1430. The van der Waals surface area contributed by atoms with Crippen LogP contribution in [-0.4, -0.2) is 51.5 Å². The van der Waals surface area contributed by atoms with Crippen LogP contribution in [0.2, 0.25) is 5.02 Å². The highest BCUT2D eigenvalue weighted by molar-refractivity contribution is 6.34. The van der Waals surface area contributed by atoms with Gasteiger partial charge in [-0.25, -0.2) is 4.79 Å². The fourth-order valence-corrected chi connectivity index (χ4v) is 6.24. The van der Waals surface area contributed by atoms with Gasteiger partial charge in [0.15, 0.2) is 0 Å². The van der Waals surface area contributed by atoms with Crippen LogP contribution in [0.4, 0.5) is 5.69 Å². The molecule has 214 valence electrons. The molecule has 3 aromatic carbocycles. The second kappa shape index (κ2) is 12.3. The summed E-state index contributed by atoms with van der Waals surface area (Å²) in [5.74, 6) is -1.46. The number of phenolic OH excluding ortho intramolecular Hbond substituents is 1. The molecule has 0 spiro atoms. The highest BCUT2D eigenvalue weighted by atomic mass is 35.5. The van der Waals surface area contributed by atoms with E-state index in [-0.39, 0.29) is 35.3 Å². The molecule has 0 radical (unpaired) electrons. The van der Waals surface area contributed by atoms with Crippen molar-refractivity contribution >= 4 is 35.1 Å². The molecule has 0 saturated carbocycles. The third-order valence-corrected chi connectivity index (χ3v) is 8.24. The van der Waals surface area contributed by atoms with Gasteiger partial charge in [0.05, 0.1) is 16.6 Å². The van der Waals surface area contributed by atoms with Gasteiger partial charge in [-0.15, -0.1) is 0 Å². The Hall–Kier alpha value is -3.88. The Kier molecular flexibility index (Phi) is 8.61. The molecular formula is C32H34ClN3O5. The summed E-state index contributed by atoms with van der Waals surface area (Å²) in [6, 6.07) is 18.1. The van der Waals surface area contributed by atoms with Gasteiger partial charge < -0.3 is 15.5 Å². The minimum Gasteiger partial charge on any atom is -0.508 e. The minimum absolute atomic E-state index is 0.0359. The number of phenols is 1. The van der Waals surface area contributed by atoms with Gasteiger partial charge in [-0.1, -0.05) is 67.8 Å². The highest BCUT2D eigenvalue weighted by Crippen LogP contribution is 2.42. The number of aryl methyl sites for hydroxylation is 1. The lowest BCUT2D eigenvalue weighted by molar-refractivity contribution is -0.139. The van der Waals surface area contributed by atoms with E-state index < -0.39 is 17.9 Å². The molecule has 2 saturated heterocycles. The SMILES string of the molecule is CCCc1cccc(Cl)c1C(=O)NC(Cc1ccc(N2C(=O)C3CCCCN3C2c2ccc(O)cc2)cc1)C(=O)O. The minimum atomic E-state index is -1.16. The van der Waals surface area contributed by atoms with Crippen LogP contribution < -0.4 is 10.2 Å². The fourth-order valence-electron chi connectivity index (χ4n) is 5.96. The zero-order chi connectivity index (χ0) is 29.1. The largest absolute Gasteiger partial charge is 0.508 e. The number of carboxylic acids is 1. The van der Waals surface area contributed by atoms with Crippen LogP contribution in [0.15, 0.2) is 66.7 Å². The van der Waals surface area contributed by atoms with Gasteiger partial charge in [-0.05, 0) is 66.3 Å². The molecule has 3 atom stereocenters. The predicted octanol–water partition coefficient (Wildman–Crippen LogP) is 5.32. The van der Waals surface area contributed by atoms with E-state index in [1.54, 1.807) is 41.3 Å². The first-order chi connectivity index (χ1) is 19.8. The van der Waals surface area contributed by atoms with Crippen molar-refractivity contribution in [3.63, 3.8) is 0 Å². The number of piperidine rings is 1. The molecule has 41 heavy (non-hydrogen) atoms. The lowest BCUT2D eigenvalue weighted by Crippen LogP contribution is -2.42. The van der Waals surface area contributed by atoms with E-state index in [0.717, 1.165) is 43.4 Å². The number of halogens is 1. The average Bonchev–Trinajstić information content (AvgIpc) is 3.26. The van der Waals surface area contributed by atoms with Gasteiger partial charge in [0, 0.05) is 18.7 Å². The number of carbonyl (C=O) groups is 3. The zero-order valence-electron chi connectivity index (χ0n) is 22.9. The molecule has 3 N–H and O–H groups in total. The summed E-state index contributed by atoms with van der Waals surface area (Å²) in [6.07, 6.45) is 4.06. The predicted molar refractivity (Wildman–Crippen MR) is 157 cm³/mol. The van der Waals surface area contributed by atoms with Crippen molar-refractivity contribution < 1.29 is 24.6 Å². The number of nitrogens with zero attached hydrogens (tertiary/aromatic N) is 2. The number of amides is 2. The molecule has 0 aromatic heterocycles. The Morgan fingerprint density at radius 3 is 2.46 bits per heavy atom. The summed E-state index contributed by atoms with van der Waals surface area (Å²) in [5, 5.41) is 22.7. The molecular weight excluding hydrogens is 542 g/mol. The van der Waals surface area contributed by atoms with Crippen LogP contribution >= 0.6 is 11.6 Å². The third kappa shape index (κ3) is 5.94. The maximum Gasteiger partial charge on any atom is 0.326 e. The summed E-state index contributed by atoms with van der Waals surface area (Å²) in [5.41, 5.74) is 3.42. The first-order valence-electron chi connectivity index (χ1n) is 14.1. The quantitative estimate of drug-likeness (QED) is 0.318. The van der Waals surface area contributed by atoms with Crippen molar-refractivity contribution in [1.29, 1.82) is 0 Å². The van der Waals surface area contributed by atoms with Gasteiger partial charge in [-0.3, -0.25) is 19.4 Å². The lowest BCUT2D eigenvalue weighted by atomic mass is 10.0. The molecule has 2 aliphatic rings. The van der Waals surface area contributed by atoms with Gasteiger partial charge in [0.1, 0.15) is 18.0 Å². The number of carboxylic acid groups (broad SMARTS) is 1. The number of aromatic hydroxyl groups is 1. The summed E-state index contributed by atoms with van der Waals surface area (Å²) in [4.78, 5) is 42.9. The molecule has 2 amide bonds. The Balaban J connectivity index is 1.37. The Labute approximate surface area is 244 Å². The van der Waals surface area contributed by atoms with Crippen LogP contribution in [0, 0.1) is 0 Å². The van der Waals surface area contributed by atoms with E-state index in [2.05, 4.69) is 10.2 Å². The van der Waals surface area contributed by atoms with Gasteiger partial charge in [0.2, 0.25) is 5.91 Å². The topological polar surface area (TPSA) is 110 Å². The van der Waals surface area contributed by atoms with Crippen molar-refractivity contribution in [3.05, 3.63) is 94.0 Å². The van der Waals surface area contributed by atoms with Crippen LogP contribution in [-0.2, 0) is 22.4 Å². The van der Waals surface area contributed by atoms with E-state index in [9.17, 15) is 24.6 Å². The second-order valence-electron chi connectivity index (χ2n) is 10.7. The molecule has 3 aromatic rings. The Morgan fingerprint density at radius 2 is 1.78 bits per heavy atom. The molecule has 2 aliphatic heterocycles. The molecule has 8 nitrogen and oxygen atoms in total. The number of anilines is 1. The van der Waals surface area contributed by atoms with E-state index in [1.165, 1.54) is 0 Å². The van der Waals surface area contributed by atoms with Gasteiger partial charge in [-0.2, -0.15) is 0 Å². The van der Waals surface area contributed by atoms with Crippen LogP contribution in [0.3, 0.4) is 0 Å². The fraction of sp³-hybridized carbons (Fsp3) is 0.344. The number of carbonyl (C=O) groups excluding carboxylic acids is 2. The van der Waals surface area contributed by atoms with Gasteiger partial charge in [0.25, 0.3) is 5.91 Å². The first-order valence-corrected chi connectivity index (χ1v) is 14.4.